The summed E-state index contributed by atoms with van der Waals surface area (Å²) in [4.78, 5) is 1.35. The second-order valence-electron chi connectivity index (χ2n) is 5.15. The van der Waals surface area contributed by atoms with Crippen LogP contribution in [-0.4, -0.2) is 21.4 Å². The molecular formula is C16H15N3OS. The molecule has 3 aromatic rings. The zero-order chi connectivity index (χ0) is 14.2. The van der Waals surface area contributed by atoms with Gasteiger partial charge in [-0.1, -0.05) is 6.07 Å². The molecule has 4 nitrogen and oxygen atoms in total. The lowest BCUT2D eigenvalue weighted by atomic mass is 10.1. The maximum Gasteiger partial charge on any atom is 0.125 e. The van der Waals surface area contributed by atoms with Crippen LogP contribution in [0.25, 0.3) is 11.3 Å². The minimum absolute atomic E-state index is 0.275. The Bertz CT molecular complexity index is 746. The van der Waals surface area contributed by atoms with Gasteiger partial charge in [0.05, 0.1) is 11.7 Å². The molecule has 0 bridgehead atoms. The minimum atomic E-state index is 0.275. The molecule has 0 saturated heterocycles. The summed E-state index contributed by atoms with van der Waals surface area (Å²) in [7, 11) is 0. The van der Waals surface area contributed by atoms with Crippen molar-refractivity contribution >= 4 is 17.2 Å². The number of aromatic nitrogens is 2. The number of phenolic OH excluding ortho intramolecular Hbond substituents is 1. The summed E-state index contributed by atoms with van der Waals surface area (Å²) in [5.74, 6) is 1.33. The molecule has 21 heavy (non-hydrogen) atoms. The molecule has 106 valence electrons. The zero-order valence-electron chi connectivity index (χ0n) is 11.4. The number of thiophene rings is 1. The van der Waals surface area contributed by atoms with E-state index in [4.69, 9.17) is 5.10 Å². The quantitative estimate of drug-likeness (QED) is 0.758. The Morgan fingerprint density at radius 1 is 1.24 bits per heavy atom. The molecule has 0 aliphatic carbocycles. The van der Waals surface area contributed by atoms with Gasteiger partial charge in [0, 0.05) is 23.1 Å². The molecule has 1 unspecified atom stereocenters. The van der Waals surface area contributed by atoms with Crippen LogP contribution in [-0.2, 0) is 0 Å². The summed E-state index contributed by atoms with van der Waals surface area (Å²) in [6.07, 6.45) is 1.05. The molecule has 3 heterocycles. The maximum atomic E-state index is 9.40. The van der Waals surface area contributed by atoms with Crippen molar-refractivity contribution in [1.29, 1.82) is 0 Å². The number of hydrogen-bond donors (Lipinski definition) is 2. The third-order valence-electron chi connectivity index (χ3n) is 3.79. The number of aromatic hydroxyl groups is 1. The first-order valence-electron chi connectivity index (χ1n) is 6.97. The highest BCUT2D eigenvalue weighted by Crippen LogP contribution is 2.34. The average Bonchev–Trinajstić information content (AvgIpc) is 3.17. The highest BCUT2D eigenvalue weighted by molar-refractivity contribution is 7.10. The van der Waals surface area contributed by atoms with Crippen molar-refractivity contribution < 1.29 is 5.11 Å². The molecule has 5 heteroatoms. The number of anilines is 1. The van der Waals surface area contributed by atoms with Crippen LogP contribution in [0.3, 0.4) is 0 Å². The van der Waals surface area contributed by atoms with Crippen molar-refractivity contribution in [1.82, 2.24) is 9.78 Å². The number of benzene rings is 1. The van der Waals surface area contributed by atoms with Crippen LogP contribution in [0.1, 0.15) is 17.3 Å². The molecule has 0 fully saturated rings. The number of nitrogens with zero attached hydrogens (tertiary/aromatic N) is 2. The van der Waals surface area contributed by atoms with Crippen molar-refractivity contribution in [3.8, 4) is 17.0 Å². The van der Waals surface area contributed by atoms with Crippen LogP contribution < -0.4 is 5.32 Å². The first-order chi connectivity index (χ1) is 10.3. The highest BCUT2D eigenvalue weighted by atomic mass is 32.1. The summed E-state index contributed by atoms with van der Waals surface area (Å²) < 4.78 is 2.08. The lowest BCUT2D eigenvalue weighted by Gasteiger charge is -2.24. The van der Waals surface area contributed by atoms with Crippen molar-refractivity contribution in [3.63, 3.8) is 0 Å². The number of rotatable bonds is 2. The molecule has 4 rings (SSSR count). The summed E-state index contributed by atoms with van der Waals surface area (Å²) in [6, 6.07) is 13.8. The Morgan fingerprint density at radius 3 is 2.86 bits per heavy atom. The third-order valence-corrected chi connectivity index (χ3v) is 4.76. The van der Waals surface area contributed by atoms with E-state index in [0.29, 0.717) is 6.04 Å². The van der Waals surface area contributed by atoms with E-state index in [1.165, 1.54) is 4.88 Å². The summed E-state index contributed by atoms with van der Waals surface area (Å²) in [6.45, 7) is 0.962. The molecular weight excluding hydrogens is 282 g/mol. The van der Waals surface area contributed by atoms with E-state index in [2.05, 4.69) is 33.6 Å². The normalized spacial score (nSPS) is 17.2. The molecule has 2 N–H and O–H groups in total. The van der Waals surface area contributed by atoms with Crippen LogP contribution >= 0.6 is 11.3 Å². The largest absolute Gasteiger partial charge is 0.508 e. The topological polar surface area (TPSA) is 50.1 Å². The average molecular weight is 297 g/mol. The van der Waals surface area contributed by atoms with Gasteiger partial charge in [-0.15, -0.1) is 11.3 Å². The minimum Gasteiger partial charge on any atom is -0.508 e. The molecule has 1 atom stereocenters. The van der Waals surface area contributed by atoms with Gasteiger partial charge in [-0.05, 0) is 42.1 Å². The summed E-state index contributed by atoms with van der Waals surface area (Å²) >= 11 is 1.78. The van der Waals surface area contributed by atoms with E-state index in [1.54, 1.807) is 23.5 Å². The van der Waals surface area contributed by atoms with E-state index in [9.17, 15) is 5.11 Å². The van der Waals surface area contributed by atoms with Crippen LogP contribution in [0, 0.1) is 0 Å². The molecule has 1 aliphatic rings. The van der Waals surface area contributed by atoms with Crippen LogP contribution in [0.5, 0.6) is 5.75 Å². The number of phenols is 1. The van der Waals surface area contributed by atoms with Gasteiger partial charge >= 0.3 is 0 Å². The van der Waals surface area contributed by atoms with Crippen molar-refractivity contribution in [2.75, 3.05) is 11.9 Å². The fourth-order valence-electron chi connectivity index (χ4n) is 2.74. The summed E-state index contributed by atoms with van der Waals surface area (Å²) in [5, 5.41) is 19.7. The van der Waals surface area contributed by atoms with Gasteiger partial charge < -0.3 is 10.4 Å². The lowest BCUT2D eigenvalue weighted by Crippen LogP contribution is -2.23. The van der Waals surface area contributed by atoms with Crippen molar-refractivity contribution in [2.45, 2.75) is 12.5 Å². The van der Waals surface area contributed by atoms with Crippen molar-refractivity contribution in [3.05, 3.63) is 52.7 Å². The van der Waals surface area contributed by atoms with Crippen LogP contribution in [0.2, 0.25) is 0 Å². The zero-order valence-corrected chi connectivity index (χ0v) is 12.2. The van der Waals surface area contributed by atoms with Gasteiger partial charge in [0.2, 0.25) is 0 Å². The van der Waals surface area contributed by atoms with E-state index in [0.717, 1.165) is 30.0 Å². The van der Waals surface area contributed by atoms with Crippen LogP contribution in [0.15, 0.2) is 47.8 Å². The van der Waals surface area contributed by atoms with Gasteiger partial charge in [0.15, 0.2) is 0 Å². The van der Waals surface area contributed by atoms with E-state index in [-0.39, 0.29) is 5.75 Å². The first-order valence-corrected chi connectivity index (χ1v) is 7.85. The van der Waals surface area contributed by atoms with Gasteiger partial charge in [-0.2, -0.15) is 5.10 Å². The van der Waals surface area contributed by atoms with Crippen LogP contribution in [0.4, 0.5) is 5.82 Å². The van der Waals surface area contributed by atoms with Gasteiger partial charge in [0.25, 0.3) is 0 Å². The number of nitrogens with one attached hydrogen (secondary N) is 1. The third kappa shape index (κ3) is 2.19. The van der Waals surface area contributed by atoms with E-state index in [1.807, 2.05) is 12.1 Å². The predicted molar refractivity (Wildman–Crippen MR) is 84.9 cm³/mol. The Morgan fingerprint density at radius 2 is 2.10 bits per heavy atom. The molecule has 0 saturated carbocycles. The van der Waals surface area contributed by atoms with E-state index >= 15 is 0 Å². The maximum absolute atomic E-state index is 9.40. The van der Waals surface area contributed by atoms with Gasteiger partial charge in [-0.25, -0.2) is 4.68 Å². The second-order valence-corrected chi connectivity index (χ2v) is 6.13. The summed E-state index contributed by atoms with van der Waals surface area (Å²) in [5.41, 5.74) is 1.95. The monoisotopic (exact) mass is 297 g/mol. The Labute approximate surface area is 126 Å². The molecule has 0 radical (unpaired) electrons. The number of hydrogen-bond acceptors (Lipinski definition) is 4. The fourth-order valence-corrected chi connectivity index (χ4v) is 3.59. The Hall–Kier alpha value is -2.27. The molecule has 1 aliphatic heterocycles. The molecule has 0 spiro atoms. The SMILES string of the molecule is Oc1ccc(-c2cc3n(n2)C(c2cccs2)CCN3)cc1. The first kappa shape index (κ1) is 12.5. The molecule has 2 aromatic heterocycles. The van der Waals surface area contributed by atoms with Gasteiger partial charge in [-0.3, -0.25) is 0 Å². The number of fused-ring (bicyclic) bond motifs is 1. The fraction of sp³-hybridized carbons (Fsp3) is 0.188. The molecule has 0 amide bonds. The predicted octanol–water partition coefficient (Wildman–Crippen LogP) is 3.72. The second kappa shape index (κ2) is 4.93. The lowest BCUT2D eigenvalue weighted by molar-refractivity contribution is 0.475. The van der Waals surface area contributed by atoms with Crippen molar-refractivity contribution in [2.24, 2.45) is 0 Å². The Kier molecular flexibility index (Phi) is 2.93. The standard InChI is InChI=1S/C16H15N3OS/c20-12-5-3-11(4-6-12)13-10-16-17-8-7-14(19(16)18-13)15-2-1-9-21-15/h1-6,9-10,14,17,20H,7-8H2. The Balaban J connectivity index is 1.75. The van der Waals surface area contributed by atoms with Gasteiger partial charge in [0.1, 0.15) is 11.6 Å². The highest BCUT2D eigenvalue weighted by Gasteiger charge is 2.24. The van der Waals surface area contributed by atoms with E-state index < -0.39 is 0 Å². The molecule has 1 aromatic carbocycles. The smallest absolute Gasteiger partial charge is 0.125 e.